The number of ether oxygens (including phenoxy) is 1. The Balaban J connectivity index is 1.89. The van der Waals surface area contributed by atoms with Crippen LogP contribution in [0.4, 0.5) is 0 Å². The summed E-state index contributed by atoms with van der Waals surface area (Å²) in [6, 6.07) is 7.51. The van der Waals surface area contributed by atoms with E-state index >= 15 is 0 Å². The van der Waals surface area contributed by atoms with Gasteiger partial charge in [0.1, 0.15) is 16.6 Å². The maximum absolute atomic E-state index is 11.8. The van der Waals surface area contributed by atoms with E-state index in [4.69, 9.17) is 16.3 Å². The van der Waals surface area contributed by atoms with Crippen LogP contribution in [0.5, 0.6) is 0 Å². The number of benzene rings is 1. The van der Waals surface area contributed by atoms with Crippen molar-refractivity contribution in [1.82, 2.24) is 25.0 Å². The normalized spacial score (nSPS) is 12.3. The van der Waals surface area contributed by atoms with Crippen molar-refractivity contribution in [2.75, 3.05) is 7.11 Å². The van der Waals surface area contributed by atoms with E-state index in [-0.39, 0.29) is 11.2 Å². The van der Waals surface area contributed by atoms with Crippen LogP contribution in [0.3, 0.4) is 0 Å². The topological polar surface area (TPSA) is 82.8 Å². The van der Waals surface area contributed by atoms with Gasteiger partial charge in [0, 0.05) is 5.02 Å². The van der Waals surface area contributed by atoms with Gasteiger partial charge in [-0.2, -0.15) is 0 Å². The average molecular weight is 378 g/mol. The number of carbonyl (C=O) groups is 1. The van der Waals surface area contributed by atoms with Gasteiger partial charge in [-0.1, -0.05) is 47.6 Å². The van der Waals surface area contributed by atoms with Crippen LogP contribution < -0.4 is 0 Å². The molecule has 0 saturated heterocycles. The number of thioether (sulfide) groups is 1. The van der Waals surface area contributed by atoms with Crippen LogP contribution >= 0.6 is 23.4 Å². The van der Waals surface area contributed by atoms with Crippen molar-refractivity contribution in [3.63, 3.8) is 0 Å². The van der Waals surface area contributed by atoms with Crippen molar-refractivity contribution in [2.24, 2.45) is 0 Å². The molecule has 0 unspecified atom stereocenters. The molecule has 0 aliphatic carbocycles. The van der Waals surface area contributed by atoms with E-state index in [9.17, 15) is 4.79 Å². The summed E-state index contributed by atoms with van der Waals surface area (Å²) in [6.45, 7) is 2.44. The van der Waals surface area contributed by atoms with Crippen molar-refractivity contribution in [2.45, 2.75) is 30.2 Å². The maximum Gasteiger partial charge on any atom is 0.319 e. The molecule has 0 fully saturated rings. The molecule has 1 aromatic carbocycles. The predicted octanol–water partition coefficient (Wildman–Crippen LogP) is 2.97. The average Bonchev–Trinajstić information content (AvgIpc) is 3.04. The zero-order chi connectivity index (χ0) is 17.8. The van der Waals surface area contributed by atoms with E-state index in [0.29, 0.717) is 34.2 Å². The summed E-state index contributed by atoms with van der Waals surface area (Å²) in [5, 5.41) is 9.32. The van der Waals surface area contributed by atoms with E-state index in [1.54, 1.807) is 4.68 Å². The van der Waals surface area contributed by atoms with E-state index in [1.165, 1.54) is 25.2 Å². The molecule has 9 heteroatoms. The number of aromatic nitrogens is 5. The van der Waals surface area contributed by atoms with Crippen LogP contribution in [0.1, 0.15) is 18.9 Å². The lowest BCUT2D eigenvalue weighted by Gasteiger charge is -2.11. The summed E-state index contributed by atoms with van der Waals surface area (Å²) in [5.41, 5.74) is 2.22. The second kappa shape index (κ2) is 7.79. The molecule has 0 aliphatic rings. The molecule has 3 rings (SSSR count). The van der Waals surface area contributed by atoms with Crippen LogP contribution in [0.2, 0.25) is 5.02 Å². The van der Waals surface area contributed by atoms with Crippen molar-refractivity contribution in [1.29, 1.82) is 0 Å². The fourth-order valence-electron chi connectivity index (χ4n) is 2.29. The fraction of sp³-hybridized carbons (Fsp3) is 0.312. The van der Waals surface area contributed by atoms with Gasteiger partial charge in [-0.05, 0) is 24.1 Å². The second-order valence-electron chi connectivity index (χ2n) is 5.26. The Labute approximate surface area is 153 Å². The van der Waals surface area contributed by atoms with Gasteiger partial charge in [-0.15, -0.1) is 5.10 Å². The lowest BCUT2D eigenvalue weighted by Crippen LogP contribution is -2.17. The highest BCUT2D eigenvalue weighted by Gasteiger charge is 2.22. The summed E-state index contributed by atoms with van der Waals surface area (Å²) < 4.78 is 6.52. The van der Waals surface area contributed by atoms with Crippen LogP contribution in [0.25, 0.3) is 11.2 Å². The van der Waals surface area contributed by atoms with Gasteiger partial charge in [0.05, 0.1) is 13.7 Å². The highest BCUT2D eigenvalue weighted by atomic mass is 35.5. The maximum atomic E-state index is 11.8. The largest absolute Gasteiger partial charge is 0.468 e. The van der Waals surface area contributed by atoms with Gasteiger partial charge < -0.3 is 4.74 Å². The fourth-order valence-corrected chi connectivity index (χ4v) is 3.40. The zero-order valence-electron chi connectivity index (χ0n) is 13.7. The second-order valence-corrected chi connectivity index (χ2v) is 6.89. The molecule has 2 aromatic heterocycles. The Bertz CT molecular complexity index is 884. The predicted molar refractivity (Wildman–Crippen MR) is 95.6 cm³/mol. The highest BCUT2D eigenvalue weighted by Crippen LogP contribution is 2.29. The molecule has 0 radical (unpaired) electrons. The van der Waals surface area contributed by atoms with Crippen LogP contribution in [0, 0.1) is 0 Å². The molecule has 0 aliphatic heterocycles. The first-order chi connectivity index (χ1) is 12.1. The third-order valence-electron chi connectivity index (χ3n) is 3.60. The van der Waals surface area contributed by atoms with E-state index < -0.39 is 0 Å². The minimum absolute atomic E-state index is 0.284. The van der Waals surface area contributed by atoms with E-state index in [2.05, 4.69) is 20.3 Å². The molecule has 0 N–H and O–H groups in total. The number of esters is 1. The molecule has 3 aromatic rings. The van der Waals surface area contributed by atoms with Crippen molar-refractivity contribution in [3.05, 3.63) is 41.2 Å². The number of fused-ring (bicyclic) bond motifs is 1. The first kappa shape index (κ1) is 17.6. The number of methoxy groups -OCH3 is 1. The minimum Gasteiger partial charge on any atom is -0.468 e. The lowest BCUT2D eigenvalue weighted by molar-refractivity contribution is -0.140. The van der Waals surface area contributed by atoms with Crippen LogP contribution in [-0.2, 0) is 16.1 Å². The first-order valence-corrected chi connectivity index (χ1v) is 8.91. The van der Waals surface area contributed by atoms with E-state index in [0.717, 1.165) is 5.56 Å². The molecular formula is C16H16ClN5O2S. The van der Waals surface area contributed by atoms with Gasteiger partial charge in [0.15, 0.2) is 11.2 Å². The molecule has 7 nitrogen and oxygen atoms in total. The SMILES string of the molecule is CC[C@@H](Sc1ncnc2c1nnn2Cc1ccc(Cl)cc1)C(=O)OC. The number of carbonyl (C=O) groups excluding carboxylic acids is 1. The molecule has 130 valence electrons. The molecule has 0 bridgehead atoms. The summed E-state index contributed by atoms with van der Waals surface area (Å²) in [4.78, 5) is 20.4. The smallest absolute Gasteiger partial charge is 0.319 e. The Kier molecular flexibility index (Phi) is 5.50. The van der Waals surface area contributed by atoms with E-state index in [1.807, 2.05) is 31.2 Å². The van der Waals surface area contributed by atoms with Gasteiger partial charge in [-0.25, -0.2) is 14.6 Å². The summed E-state index contributed by atoms with van der Waals surface area (Å²) in [5.74, 6) is -0.284. The quantitative estimate of drug-likeness (QED) is 0.371. The minimum atomic E-state index is -0.343. The molecule has 0 amide bonds. The number of hydrogen-bond donors (Lipinski definition) is 0. The molecule has 2 heterocycles. The van der Waals surface area contributed by atoms with Gasteiger partial charge >= 0.3 is 5.97 Å². The highest BCUT2D eigenvalue weighted by molar-refractivity contribution is 8.00. The number of hydrogen-bond acceptors (Lipinski definition) is 7. The monoisotopic (exact) mass is 377 g/mol. The summed E-state index contributed by atoms with van der Waals surface area (Å²) in [6.07, 6.45) is 2.08. The van der Waals surface area contributed by atoms with Gasteiger partial charge in [0.2, 0.25) is 0 Å². The molecule has 1 atom stereocenters. The lowest BCUT2D eigenvalue weighted by atomic mass is 10.2. The van der Waals surface area contributed by atoms with Crippen molar-refractivity contribution in [3.8, 4) is 0 Å². The molecule has 0 spiro atoms. The molecule has 0 saturated carbocycles. The first-order valence-electron chi connectivity index (χ1n) is 7.65. The van der Waals surface area contributed by atoms with Crippen LogP contribution in [0.15, 0.2) is 35.6 Å². The van der Waals surface area contributed by atoms with Crippen molar-refractivity contribution < 1.29 is 9.53 Å². The number of nitrogens with zero attached hydrogens (tertiary/aromatic N) is 5. The number of halogens is 1. The Hall–Kier alpha value is -2.19. The Morgan fingerprint density at radius 1 is 1.32 bits per heavy atom. The zero-order valence-corrected chi connectivity index (χ0v) is 15.3. The molecule has 25 heavy (non-hydrogen) atoms. The van der Waals surface area contributed by atoms with Gasteiger partial charge in [0.25, 0.3) is 0 Å². The van der Waals surface area contributed by atoms with Gasteiger partial charge in [-0.3, -0.25) is 4.79 Å². The van der Waals surface area contributed by atoms with Crippen molar-refractivity contribution >= 4 is 40.5 Å². The third kappa shape index (κ3) is 3.91. The Morgan fingerprint density at radius 2 is 2.08 bits per heavy atom. The Morgan fingerprint density at radius 3 is 2.76 bits per heavy atom. The van der Waals surface area contributed by atoms with Crippen LogP contribution in [-0.4, -0.2) is 43.3 Å². The standard InChI is InChI=1S/C16H16ClN5O2S/c1-3-12(16(23)24-2)25-15-13-14(18-9-19-15)22(21-20-13)8-10-4-6-11(17)7-5-10/h4-7,9,12H,3,8H2,1-2H3/t12-/m1/s1. The summed E-state index contributed by atoms with van der Waals surface area (Å²) >= 11 is 7.23. The summed E-state index contributed by atoms with van der Waals surface area (Å²) in [7, 11) is 1.38. The number of rotatable bonds is 6. The molecular weight excluding hydrogens is 362 g/mol. The third-order valence-corrected chi connectivity index (χ3v) is 5.19.